The standard InChI is InChI=1S/C20H23NO3/c22-18-10-13-21-16(9-12-20(21)11-5-4-8-17(18)20)14-24-19(23)15-6-2-1-3-7-15/h1-3,6-7,10,13,16-17H,4-5,8-9,11-12,14H2/t16-,17+,20-/m0/s1. The van der Waals surface area contributed by atoms with Crippen molar-refractivity contribution >= 4 is 11.8 Å². The highest BCUT2D eigenvalue weighted by molar-refractivity contribution is 5.94. The molecule has 2 heterocycles. The number of esters is 1. The molecule has 4 rings (SSSR count). The lowest BCUT2D eigenvalue weighted by atomic mass is 9.68. The molecule has 3 atom stereocenters. The highest BCUT2D eigenvalue weighted by atomic mass is 16.5. The largest absolute Gasteiger partial charge is 0.460 e. The third-order valence-electron chi connectivity index (χ3n) is 5.98. The molecule has 0 unspecified atom stereocenters. The highest BCUT2D eigenvalue weighted by Gasteiger charge is 2.54. The summed E-state index contributed by atoms with van der Waals surface area (Å²) in [6.45, 7) is 0.390. The van der Waals surface area contributed by atoms with Crippen molar-refractivity contribution in [1.82, 2.24) is 4.90 Å². The first-order valence-electron chi connectivity index (χ1n) is 8.93. The molecule has 126 valence electrons. The second kappa shape index (κ2) is 6.08. The van der Waals surface area contributed by atoms with Crippen molar-refractivity contribution in [2.24, 2.45) is 5.92 Å². The number of hydrogen-bond acceptors (Lipinski definition) is 4. The van der Waals surface area contributed by atoms with Gasteiger partial charge in [-0.05, 0) is 43.9 Å². The number of allylic oxidation sites excluding steroid dienone is 1. The van der Waals surface area contributed by atoms with Crippen LogP contribution in [0.1, 0.15) is 48.9 Å². The summed E-state index contributed by atoms with van der Waals surface area (Å²) in [4.78, 5) is 26.9. The molecule has 2 fully saturated rings. The number of benzene rings is 1. The zero-order valence-corrected chi connectivity index (χ0v) is 13.8. The minimum absolute atomic E-state index is 0.0199. The zero-order valence-electron chi connectivity index (χ0n) is 13.8. The molecular formula is C20H23NO3. The molecule has 1 aromatic rings. The molecule has 0 aromatic heterocycles. The Balaban J connectivity index is 1.47. The van der Waals surface area contributed by atoms with Gasteiger partial charge >= 0.3 is 5.97 Å². The number of nitrogens with zero attached hydrogens (tertiary/aromatic N) is 1. The maximum Gasteiger partial charge on any atom is 0.338 e. The molecule has 1 saturated heterocycles. The van der Waals surface area contributed by atoms with Gasteiger partial charge in [-0.1, -0.05) is 31.0 Å². The van der Waals surface area contributed by atoms with Crippen molar-refractivity contribution in [3.63, 3.8) is 0 Å². The van der Waals surface area contributed by atoms with Crippen LogP contribution in [0, 0.1) is 5.92 Å². The van der Waals surface area contributed by atoms with Gasteiger partial charge in [-0.2, -0.15) is 0 Å². The van der Waals surface area contributed by atoms with Gasteiger partial charge in [0.15, 0.2) is 5.78 Å². The summed E-state index contributed by atoms with van der Waals surface area (Å²) in [6, 6.07) is 9.29. The van der Waals surface area contributed by atoms with Gasteiger partial charge in [0.25, 0.3) is 0 Å². The number of ketones is 1. The van der Waals surface area contributed by atoms with Crippen molar-refractivity contribution in [2.45, 2.75) is 50.1 Å². The fraction of sp³-hybridized carbons (Fsp3) is 0.500. The lowest BCUT2D eigenvalue weighted by Crippen LogP contribution is -2.56. The summed E-state index contributed by atoms with van der Waals surface area (Å²) >= 11 is 0. The van der Waals surface area contributed by atoms with Crippen LogP contribution in [0.2, 0.25) is 0 Å². The Morgan fingerprint density at radius 3 is 2.83 bits per heavy atom. The predicted molar refractivity (Wildman–Crippen MR) is 90.4 cm³/mol. The summed E-state index contributed by atoms with van der Waals surface area (Å²) in [6.07, 6.45) is 10.1. The Bertz CT molecular complexity index is 669. The normalized spacial score (nSPS) is 31.5. The van der Waals surface area contributed by atoms with E-state index < -0.39 is 0 Å². The van der Waals surface area contributed by atoms with E-state index in [0.717, 1.165) is 32.1 Å². The fourth-order valence-electron chi connectivity index (χ4n) is 4.82. The van der Waals surface area contributed by atoms with Crippen LogP contribution in [0.5, 0.6) is 0 Å². The minimum Gasteiger partial charge on any atom is -0.460 e. The fourth-order valence-corrected chi connectivity index (χ4v) is 4.82. The second-order valence-corrected chi connectivity index (χ2v) is 7.18. The van der Waals surface area contributed by atoms with E-state index in [0.29, 0.717) is 12.2 Å². The monoisotopic (exact) mass is 325 g/mol. The van der Waals surface area contributed by atoms with Crippen LogP contribution in [-0.4, -0.2) is 34.8 Å². The van der Waals surface area contributed by atoms with Crippen molar-refractivity contribution in [1.29, 1.82) is 0 Å². The Hall–Kier alpha value is -2.10. The molecule has 4 heteroatoms. The zero-order chi connectivity index (χ0) is 16.6. The second-order valence-electron chi connectivity index (χ2n) is 7.18. The quantitative estimate of drug-likeness (QED) is 0.800. The Labute approximate surface area is 142 Å². The lowest BCUT2D eigenvalue weighted by molar-refractivity contribution is -0.126. The van der Waals surface area contributed by atoms with Crippen molar-refractivity contribution in [3.05, 3.63) is 48.2 Å². The van der Waals surface area contributed by atoms with Gasteiger partial charge in [0.05, 0.1) is 17.1 Å². The first-order valence-corrected chi connectivity index (χ1v) is 8.93. The first kappa shape index (κ1) is 15.4. The van der Waals surface area contributed by atoms with E-state index in [2.05, 4.69) is 4.90 Å². The number of ether oxygens (including phenoxy) is 1. The molecule has 1 saturated carbocycles. The molecule has 2 aliphatic heterocycles. The number of rotatable bonds is 3. The SMILES string of the molecule is O=C(OC[C@@H]1CC[C@@]23CCCC[C@@H]2C(=O)C=CN13)c1ccccc1. The van der Waals surface area contributed by atoms with Gasteiger partial charge in [0.2, 0.25) is 0 Å². The molecule has 24 heavy (non-hydrogen) atoms. The van der Waals surface area contributed by atoms with Crippen LogP contribution >= 0.6 is 0 Å². The summed E-state index contributed by atoms with van der Waals surface area (Å²) in [5, 5.41) is 0. The Kier molecular flexibility index (Phi) is 3.91. The molecule has 0 N–H and O–H groups in total. The van der Waals surface area contributed by atoms with E-state index in [4.69, 9.17) is 4.74 Å². The van der Waals surface area contributed by atoms with Crippen molar-refractivity contribution in [2.75, 3.05) is 6.61 Å². The van der Waals surface area contributed by atoms with Crippen LogP contribution in [0.25, 0.3) is 0 Å². The average Bonchev–Trinajstić information content (AvgIpc) is 2.98. The lowest BCUT2D eigenvalue weighted by Gasteiger charge is -2.50. The third kappa shape index (κ3) is 2.45. The first-order chi connectivity index (χ1) is 11.7. The van der Waals surface area contributed by atoms with Gasteiger partial charge < -0.3 is 9.64 Å². The summed E-state index contributed by atoms with van der Waals surface area (Å²) in [5.41, 5.74) is 0.568. The van der Waals surface area contributed by atoms with Gasteiger partial charge in [0.1, 0.15) is 6.61 Å². The van der Waals surface area contributed by atoms with Gasteiger partial charge in [-0.15, -0.1) is 0 Å². The molecule has 1 aromatic carbocycles. The van der Waals surface area contributed by atoms with E-state index in [-0.39, 0.29) is 29.3 Å². The van der Waals surface area contributed by atoms with E-state index in [1.54, 1.807) is 18.2 Å². The molecule has 4 nitrogen and oxygen atoms in total. The molecule has 0 radical (unpaired) electrons. The maximum absolute atomic E-state index is 12.3. The van der Waals surface area contributed by atoms with Crippen LogP contribution < -0.4 is 0 Å². The molecule has 0 amide bonds. The van der Waals surface area contributed by atoms with Crippen LogP contribution in [0.4, 0.5) is 0 Å². The average molecular weight is 325 g/mol. The van der Waals surface area contributed by atoms with Crippen LogP contribution in [0.15, 0.2) is 42.6 Å². The van der Waals surface area contributed by atoms with Gasteiger partial charge in [-0.25, -0.2) is 4.79 Å². The van der Waals surface area contributed by atoms with E-state index in [1.807, 2.05) is 24.4 Å². The van der Waals surface area contributed by atoms with Crippen molar-refractivity contribution < 1.29 is 14.3 Å². The topological polar surface area (TPSA) is 46.6 Å². The minimum atomic E-state index is -0.270. The molecule has 0 bridgehead atoms. The molecule has 1 spiro atoms. The van der Waals surface area contributed by atoms with E-state index >= 15 is 0 Å². The Morgan fingerprint density at radius 2 is 2.00 bits per heavy atom. The Morgan fingerprint density at radius 1 is 1.17 bits per heavy atom. The predicted octanol–water partition coefficient (Wildman–Crippen LogP) is 3.33. The van der Waals surface area contributed by atoms with Crippen LogP contribution in [-0.2, 0) is 9.53 Å². The smallest absolute Gasteiger partial charge is 0.338 e. The summed E-state index contributed by atoms with van der Waals surface area (Å²) < 4.78 is 5.56. The third-order valence-corrected chi connectivity index (χ3v) is 5.98. The van der Waals surface area contributed by atoms with Gasteiger partial charge in [-0.3, -0.25) is 4.79 Å². The van der Waals surface area contributed by atoms with Gasteiger partial charge in [0, 0.05) is 12.1 Å². The number of hydrogen-bond donors (Lipinski definition) is 0. The van der Waals surface area contributed by atoms with Crippen molar-refractivity contribution in [3.8, 4) is 0 Å². The number of carbonyl (C=O) groups excluding carboxylic acids is 2. The summed E-state index contributed by atoms with van der Waals surface area (Å²) in [5.74, 6) is 0.146. The van der Waals surface area contributed by atoms with Crippen LogP contribution in [0.3, 0.4) is 0 Å². The molecular weight excluding hydrogens is 302 g/mol. The van der Waals surface area contributed by atoms with E-state index in [1.165, 1.54) is 6.42 Å². The summed E-state index contributed by atoms with van der Waals surface area (Å²) in [7, 11) is 0. The highest BCUT2D eigenvalue weighted by Crippen LogP contribution is 2.50. The maximum atomic E-state index is 12.3. The van der Waals surface area contributed by atoms with E-state index in [9.17, 15) is 9.59 Å². The number of carbonyl (C=O) groups is 2. The molecule has 3 aliphatic rings. The molecule has 1 aliphatic carbocycles.